The molecule has 1 saturated carbocycles. The van der Waals surface area contributed by atoms with Crippen molar-refractivity contribution in [3.63, 3.8) is 0 Å². The maximum atomic E-state index is 12.1. The zero-order chi connectivity index (χ0) is 17.1. The molecule has 0 spiro atoms. The maximum absolute atomic E-state index is 12.1. The average Bonchev–Trinajstić information content (AvgIpc) is 3.30. The summed E-state index contributed by atoms with van der Waals surface area (Å²) in [5.74, 6) is 0.714. The lowest BCUT2D eigenvalue weighted by molar-refractivity contribution is -0.118. The summed E-state index contributed by atoms with van der Waals surface area (Å²) in [5, 5.41) is 11.6. The SMILES string of the molecule is NC(=O)Cn1c(SCC(=O)Nc2ccc(Br)cc2)nnc1C1CC1. The van der Waals surface area contributed by atoms with E-state index in [2.05, 4.69) is 31.4 Å². The Balaban J connectivity index is 1.62. The summed E-state index contributed by atoms with van der Waals surface area (Å²) in [5.41, 5.74) is 6.03. The second-order valence-electron chi connectivity index (χ2n) is 5.51. The molecule has 1 fully saturated rings. The van der Waals surface area contributed by atoms with E-state index in [1.54, 1.807) is 4.57 Å². The Morgan fingerprint density at radius 1 is 1.29 bits per heavy atom. The highest BCUT2D eigenvalue weighted by Gasteiger charge is 2.30. The van der Waals surface area contributed by atoms with Crippen LogP contribution < -0.4 is 11.1 Å². The van der Waals surface area contributed by atoms with Gasteiger partial charge in [-0.1, -0.05) is 27.7 Å². The van der Waals surface area contributed by atoms with Crippen LogP contribution in [0.25, 0.3) is 0 Å². The van der Waals surface area contributed by atoms with Crippen LogP contribution >= 0.6 is 27.7 Å². The third kappa shape index (κ3) is 4.35. The third-order valence-corrected chi connectivity index (χ3v) is 4.96. The number of nitrogens with one attached hydrogen (secondary N) is 1. The Morgan fingerprint density at radius 2 is 2.00 bits per heavy atom. The van der Waals surface area contributed by atoms with Crippen LogP contribution in [0.3, 0.4) is 0 Å². The summed E-state index contributed by atoms with van der Waals surface area (Å²) in [6.45, 7) is 0.0372. The van der Waals surface area contributed by atoms with Crippen molar-refractivity contribution in [1.29, 1.82) is 0 Å². The lowest BCUT2D eigenvalue weighted by Gasteiger charge is -2.08. The lowest BCUT2D eigenvalue weighted by Crippen LogP contribution is -2.21. The highest BCUT2D eigenvalue weighted by atomic mass is 79.9. The Labute approximate surface area is 151 Å². The van der Waals surface area contributed by atoms with Crippen molar-refractivity contribution in [1.82, 2.24) is 14.8 Å². The molecule has 1 aromatic heterocycles. The number of carbonyl (C=O) groups is 2. The topological polar surface area (TPSA) is 103 Å². The normalized spacial score (nSPS) is 13.7. The van der Waals surface area contributed by atoms with E-state index in [9.17, 15) is 9.59 Å². The fourth-order valence-electron chi connectivity index (χ4n) is 2.22. The van der Waals surface area contributed by atoms with E-state index in [0.717, 1.165) is 28.8 Å². The number of primary amides is 1. The number of halogens is 1. The van der Waals surface area contributed by atoms with Gasteiger partial charge in [0.25, 0.3) is 0 Å². The van der Waals surface area contributed by atoms with Crippen LogP contribution in [-0.2, 0) is 16.1 Å². The third-order valence-electron chi connectivity index (χ3n) is 3.46. The molecule has 1 heterocycles. The quantitative estimate of drug-likeness (QED) is 0.681. The fraction of sp³-hybridized carbons (Fsp3) is 0.333. The van der Waals surface area contributed by atoms with Gasteiger partial charge in [-0.3, -0.25) is 14.2 Å². The van der Waals surface area contributed by atoms with Gasteiger partial charge in [-0.15, -0.1) is 10.2 Å². The number of carbonyl (C=O) groups excluding carboxylic acids is 2. The molecular formula is C15H16BrN5O2S. The molecule has 7 nitrogen and oxygen atoms in total. The van der Waals surface area contributed by atoms with E-state index in [0.29, 0.717) is 11.1 Å². The van der Waals surface area contributed by atoms with Crippen molar-refractivity contribution in [2.45, 2.75) is 30.5 Å². The number of amides is 2. The van der Waals surface area contributed by atoms with Gasteiger partial charge < -0.3 is 11.1 Å². The van der Waals surface area contributed by atoms with Crippen molar-refractivity contribution >= 4 is 45.2 Å². The smallest absolute Gasteiger partial charge is 0.237 e. The number of thioether (sulfide) groups is 1. The van der Waals surface area contributed by atoms with Gasteiger partial charge in [-0.2, -0.15) is 0 Å². The predicted molar refractivity (Wildman–Crippen MR) is 94.7 cm³/mol. The van der Waals surface area contributed by atoms with Gasteiger partial charge >= 0.3 is 0 Å². The number of nitrogens with zero attached hydrogens (tertiary/aromatic N) is 3. The number of rotatable bonds is 7. The Kier molecular flexibility index (Phi) is 5.20. The molecule has 0 saturated heterocycles. The van der Waals surface area contributed by atoms with E-state index in [4.69, 9.17) is 5.73 Å². The fourth-order valence-corrected chi connectivity index (χ4v) is 3.22. The Bertz CT molecular complexity index is 758. The van der Waals surface area contributed by atoms with Gasteiger partial charge in [0.1, 0.15) is 12.4 Å². The first-order chi connectivity index (χ1) is 11.5. The first-order valence-corrected chi connectivity index (χ1v) is 9.20. The Morgan fingerprint density at radius 3 is 2.62 bits per heavy atom. The molecule has 1 aliphatic carbocycles. The molecule has 0 radical (unpaired) electrons. The molecule has 126 valence electrons. The van der Waals surface area contributed by atoms with E-state index < -0.39 is 5.91 Å². The van der Waals surface area contributed by atoms with E-state index in [1.165, 1.54) is 11.8 Å². The average molecular weight is 410 g/mol. The molecule has 0 unspecified atom stereocenters. The molecule has 0 atom stereocenters. The molecule has 9 heteroatoms. The second-order valence-corrected chi connectivity index (χ2v) is 7.37. The predicted octanol–water partition coefficient (Wildman–Crippen LogP) is 2.13. The summed E-state index contributed by atoms with van der Waals surface area (Å²) in [6.07, 6.45) is 2.09. The van der Waals surface area contributed by atoms with Crippen molar-refractivity contribution in [3.05, 3.63) is 34.6 Å². The lowest BCUT2D eigenvalue weighted by atomic mass is 10.3. The summed E-state index contributed by atoms with van der Waals surface area (Å²) in [4.78, 5) is 23.3. The zero-order valence-electron chi connectivity index (χ0n) is 12.7. The number of hydrogen-bond acceptors (Lipinski definition) is 5. The number of anilines is 1. The van der Waals surface area contributed by atoms with E-state index in [-0.39, 0.29) is 18.2 Å². The van der Waals surface area contributed by atoms with Crippen LogP contribution in [0, 0.1) is 0 Å². The van der Waals surface area contributed by atoms with Crippen LogP contribution in [0.15, 0.2) is 33.9 Å². The van der Waals surface area contributed by atoms with Crippen LogP contribution in [0.4, 0.5) is 5.69 Å². The minimum Gasteiger partial charge on any atom is -0.368 e. The van der Waals surface area contributed by atoms with E-state index >= 15 is 0 Å². The van der Waals surface area contributed by atoms with Crippen molar-refractivity contribution in [2.75, 3.05) is 11.1 Å². The molecular weight excluding hydrogens is 394 g/mol. The zero-order valence-corrected chi connectivity index (χ0v) is 15.1. The van der Waals surface area contributed by atoms with Gasteiger partial charge in [0.2, 0.25) is 11.8 Å². The Hall–Kier alpha value is -1.87. The minimum atomic E-state index is -0.446. The van der Waals surface area contributed by atoms with Gasteiger partial charge in [-0.25, -0.2) is 0 Å². The van der Waals surface area contributed by atoms with Crippen LogP contribution in [0.5, 0.6) is 0 Å². The minimum absolute atomic E-state index is 0.0372. The second kappa shape index (κ2) is 7.35. The summed E-state index contributed by atoms with van der Waals surface area (Å²) in [7, 11) is 0. The molecule has 3 N–H and O–H groups in total. The molecule has 0 bridgehead atoms. The van der Waals surface area contributed by atoms with E-state index in [1.807, 2.05) is 24.3 Å². The summed E-state index contributed by atoms with van der Waals surface area (Å²) in [6, 6.07) is 7.34. The molecule has 2 aromatic rings. The highest BCUT2D eigenvalue weighted by molar-refractivity contribution is 9.10. The summed E-state index contributed by atoms with van der Waals surface area (Å²) < 4.78 is 2.67. The molecule has 1 aromatic carbocycles. The summed E-state index contributed by atoms with van der Waals surface area (Å²) >= 11 is 4.59. The van der Waals surface area contributed by atoms with Crippen molar-refractivity contribution in [2.24, 2.45) is 5.73 Å². The monoisotopic (exact) mass is 409 g/mol. The standard InChI is InChI=1S/C15H16BrN5O2S/c16-10-3-5-11(6-4-10)18-13(23)8-24-15-20-19-14(9-1-2-9)21(15)7-12(17)22/h3-6,9H,1-2,7-8H2,(H2,17,22)(H,18,23). The van der Waals surface area contributed by atoms with Gasteiger partial charge in [-0.05, 0) is 37.1 Å². The molecule has 24 heavy (non-hydrogen) atoms. The number of aromatic nitrogens is 3. The number of hydrogen-bond donors (Lipinski definition) is 2. The van der Waals surface area contributed by atoms with Gasteiger partial charge in [0.05, 0.1) is 5.75 Å². The van der Waals surface area contributed by atoms with Crippen molar-refractivity contribution < 1.29 is 9.59 Å². The molecule has 2 amide bonds. The number of benzene rings is 1. The van der Waals surface area contributed by atoms with Crippen LogP contribution in [-0.4, -0.2) is 32.3 Å². The highest BCUT2D eigenvalue weighted by Crippen LogP contribution is 2.40. The van der Waals surface area contributed by atoms with Crippen LogP contribution in [0.1, 0.15) is 24.6 Å². The van der Waals surface area contributed by atoms with Gasteiger partial charge in [0, 0.05) is 16.1 Å². The maximum Gasteiger partial charge on any atom is 0.237 e. The van der Waals surface area contributed by atoms with Crippen LogP contribution in [0.2, 0.25) is 0 Å². The van der Waals surface area contributed by atoms with Crippen molar-refractivity contribution in [3.8, 4) is 0 Å². The molecule has 0 aliphatic heterocycles. The molecule has 1 aliphatic rings. The number of nitrogens with two attached hydrogens (primary N) is 1. The first-order valence-electron chi connectivity index (χ1n) is 7.42. The van der Waals surface area contributed by atoms with Gasteiger partial charge in [0.15, 0.2) is 5.16 Å². The molecule has 3 rings (SSSR count). The first kappa shape index (κ1) is 17.0. The largest absolute Gasteiger partial charge is 0.368 e.